The minimum absolute atomic E-state index is 0.0775. The number of carboxylic acids is 1. The molecule has 1 aromatic carbocycles. The van der Waals surface area contributed by atoms with Gasteiger partial charge in [-0.25, -0.2) is 4.39 Å². The van der Waals surface area contributed by atoms with Crippen LogP contribution in [0.4, 0.5) is 4.39 Å². The predicted octanol–water partition coefficient (Wildman–Crippen LogP) is 3.42. The predicted molar refractivity (Wildman–Crippen MR) is 76.5 cm³/mol. The summed E-state index contributed by atoms with van der Waals surface area (Å²) in [6.07, 6.45) is 5.07. The fourth-order valence-corrected chi connectivity index (χ4v) is 3.69. The number of ether oxygens (including phenoxy) is 1. The molecule has 3 nitrogen and oxygen atoms in total. The zero-order chi connectivity index (χ0) is 14.9. The van der Waals surface area contributed by atoms with E-state index in [0.717, 1.165) is 32.1 Å². The van der Waals surface area contributed by atoms with E-state index in [2.05, 4.69) is 0 Å². The van der Waals surface area contributed by atoms with Gasteiger partial charge in [-0.1, -0.05) is 18.2 Å². The highest BCUT2D eigenvalue weighted by atomic mass is 19.1. The van der Waals surface area contributed by atoms with E-state index < -0.39 is 11.9 Å². The second-order valence-electron chi connectivity index (χ2n) is 6.38. The highest BCUT2D eigenvalue weighted by Gasteiger charge is 2.45. The summed E-state index contributed by atoms with van der Waals surface area (Å²) in [5.41, 5.74) is 0.422. The molecule has 0 amide bonds. The van der Waals surface area contributed by atoms with E-state index in [1.54, 1.807) is 18.2 Å². The zero-order valence-electron chi connectivity index (χ0n) is 12.1. The lowest BCUT2D eigenvalue weighted by Crippen LogP contribution is -2.48. The van der Waals surface area contributed by atoms with Crippen molar-refractivity contribution in [2.75, 3.05) is 6.61 Å². The number of carbonyl (C=O) groups is 1. The lowest BCUT2D eigenvalue weighted by Gasteiger charge is -2.48. The number of benzene rings is 1. The Hall–Kier alpha value is -1.42. The van der Waals surface area contributed by atoms with Crippen molar-refractivity contribution in [2.45, 2.75) is 44.1 Å². The second kappa shape index (κ2) is 5.76. The largest absolute Gasteiger partial charge is 0.481 e. The number of halogens is 1. The van der Waals surface area contributed by atoms with Crippen LogP contribution in [-0.4, -0.2) is 23.3 Å². The SMILES string of the molecule is O=C(O)C(Cc1ccccc1F)C1CCOC2(CCC2)C1. The summed E-state index contributed by atoms with van der Waals surface area (Å²) >= 11 is 0. The molecular formula is C17H21FO3. The van der Waals surface area contributed by atoms with Gasteiger partial charge < -0.3 is 9.84 Å². The molecule has 0 bridgehead atoms. The molecule has 2 unspecified atom stereocenters. The smallest absolute Gasteiger partial charge is 0.307 e. The highest BCUT2D eigenvalue weighted by Crippen LogP contribution is 2.46. The van der Waals surface area contributed by atoms with E-state index in [0.29, 0.717) is 12.2 Å². The van der Waals surface area contributed by atoms with Crippen molar-refractivity contribution in [3.63, 3.8) is 0 Å². The Bertz CT molecular complexity index is 525. The molecule has 1 aliphatic carbocycles. The average molecular weight is 292 g/mol. The number of carboxylic acid groups (broad SMARTS) is 1. The van der Waals surface area contributed by atoms with Crippen LogP contribution < -0.4 is 0 Å². The molecule has 2 aliphatic rings. The molecule has 0 radical (unpaired) electrons. The van der Waals surface area contributed by atoms with Crippen LogP contribution in [0.2, 0.25) is 0 Å². The first-order chi connectivity index (χ1) is 10.1. The lowest BCUT2D eigenvalue weighted by molar-refractivity contribution is -0.162. The van der Waals surface area contributed by atoms with Gasteiger partial charge in [-0.3, -0.25) is 4.79 Å². The molecule has 2 fully saturated rings. The van der Waals surface area contributed by atoms with Crippen molar-refractivity contribution in [1.29, 1.82) is 0 Å². The Kier molecular flexibility index (Phi) is 3.98. The minimum Gasteiger partial charge on any atom is -0.481 e. The number of hydrogen-bond donors (Lipinski definition) is 1. The molecule has 1 N–H and O–H groups in total. The summed E-state index contributed by atoms with van der Waals surface area (Å²) < 4.78 is 19.7. The Labute approximate surface area is 124 Å². The van der Waals surface area contributed by atoms with Crippen LogP contribution in [0, 0.1) is 17.7 Å². The van der Waals surface area contributed by atoms with Crippen molar-refractivity contribution >= 4 is 5.97 Å². The molecule has 1 aliphatic heterocycles. The molecule has 1 spiro atoms. The molecule has 1 saturated heterocycles. The fraction of sp³-hybridized carbons (Fsp3) is 0.588. The summed E-state index contributed by atoms with van der Waals surface area (Å²) in [5.74, 6) is -1.58. The van der Waals surface area contributed by atoms with Gasteiger partial charge in [-0.05, 0) is 56.1 Å². The maximum absolute atomic E-state index is 13.8. The molecule has 1 heterocycles. The van der Waals surface area contributed by atoms with Crippen LogP contribution >= 0.6 is 0 Å². The monoisotopic (exact) mass is 292 g/mol. The van der Waals surface area contributed by atoms with Gasteiger partial charge >= 0.3 is 5.97 Å². The topological polar surface area (TPSA) is 46.5 Å². The Morgan fingerprint density at radius 3 is 2.81 bits per heavy atom. The Morgan fingerprint density at radius 2 is 2.19 bits per heavy atom. The summed E-state index contributed by atoms with van der Waals surface area (Å²) in [6, 6.07) is 6.47. The van der Waals surface area contributed by atoms with E-state index in [1.807, 2.05) is 0 Å². The van der Waals surface area contributed by atoms with Crippen LogP contribution in [0.1, 0.15) is 37.7 Å². The molecule has 3 rings (SSSR count). The molecule has 1 saturated carbocycles. The summed E-state index contributed by atoms with van der Waals surface area (Å²) in [7, 11) is 0. The van der Waals surface area contributed by atoms with E-state index in [1.165, 1.54) is 6.07 Å². The normalized spacial score (nSPS) is 25.3. The average Bonchev–Trinajstić information content (AvgIpc) is 2.44. The van der Waals surface area contributed by atoms with Gasteiger partial charge in [-0.15, -0.1) is 0 Å². The van der Waals surface area contributed by atoms with Gasteiger partial charge in [0.2, 0.25) is 0 Å². The van der Waals surface area contributed by atoms with Gasteiger partial charge in [0.15, 0.2) is 0 Å². The van der Waals surface area contributed by atoms with Crippen molar-refractivity contribution < 1.29 is 19.0 Å². The molecule has 114 valence electrons. The standard InChI is InChI=1S/C17H21FO3/c18-15-5-2-1-4-12(15)10-14(16(19)20)13-6-9-21-17(11-13)7-3-8-17/h1-2,4-5,13-14H,3,6-11H2,(H,19,20). The molecule has 2 atom stereocenters. The van der Waals surface area contributed by atoms with Gasteiger partial charge in [0, 0.05) is 6.61 Å². The summed E-state index contributed by atoms with van der Waals surface area (Å²) in [6.45, 7) is 0.631. The quantitative estimate of drug-likeness (QED) is 0.925. The van der Waals surface area contributed by atoms with Crippen LogP contribution in [0.5, 0.6) is 0 Å². The maximum Gasteiger partial charge on any atom is 0.307 e. The molecular weight excluding hydrogens is 271 g/mol. The van der Waals surface area contributed by atoms with Crippen molar-refractivity contribution in [3.8, 4) is 0 Å². The van der Waals surface area contributed by atoms with Crippen molar-refractivity contribution in [1.82, 2.24) is 0 Å². The number of rotatable bonds is 4. The van der Waals surface area contributed by atoms with Crippen LogP contribution in [-0.2, 0) is 16.0 Å². The third-order valence-corrected chi connectivity index (χ3v) is 5.08. The van der Waals surface area contributed by atoms with Crippen molar-refractivity contribution in [3.05, 3.63) is 35.6 Å². The lowest BCUT2D eigenvalue weighted by atomic mass is 9.68. The third-order valence-electron chi connectivity index (χ3n) is 5.08. The molecule has 4 heteroatoms. The minimum atomic E-state index is -0.820. The van der Waals surface area contributed by atoms with Gasteiger partial charge in [0.1, 0.15) is 5.82 Å². The van der Waals surface area contributed by atoms with Gasteiger partial charge in [0.25, 0.3) is 0 Å². The second-order valence-corrected chi connectivity index (χ2v) is 6.38. The molecule has 21 heavy (non-hydrogen) atoms. The zero-order valence-corrected chi connectivity index (χ0v) is 12.1. The van der Waals surface area contributed by atoms with E-state index >= 15 is 0 Å². The fourth-order valence-electron chi connectivity index (χ4n) is 3.69. The Morgan fingerprint density at radius 1 is 1.43 bits per heavy atom. The van der Waals surface area contributed by atoms with E-state index in [9.17, 15) is 14.3 Å². The van der Waals surface area contributed by atoms with Gasteiger partial charge in [0.05, 0.1) is 11.5 Å². The highest BCUT2D eigenvalue weighted by molar-refractivity contribution is 5.71. The first kappa shape index (κ1) is 14.5. The first-order valence-corrected chi connectivity index (χ1v) is 7.70. The number of hydrogen-bond acceptors (Lipinski definition) is 2. The van der Waals surface area contributed by atoms with Crippen LogP contribution in [0.15, 0.2) is 24.3 Å². The van der Waals surface area contributed by atoms with E-state index in [4.69, 9.17) is 4.74 Å². The van der Waals surface area contributed by atoms with Crippen LogP contribution in [0.25, 0.3) is 0 Å². The summed E-state index contributed by atoms with van der Waals surface area (Å²) in [5, 5.41) is 9.58. The molecule has 0 aromatic heterocycles. The first-order valence-electron chi connectivity index (χ1n) is 7.70. The van der Waals surface area contributed by atoms with Gasteiger partial charge in [-0.2, -0.15) is 0 Å². The molecule has 1 aromatic rings. The third kappa shape index (κ3) is 2.95. The van der Waals surface area contributed by atoms with Crippen molar-refractivity contribution in [2.24, 2.45) is 11.8 Å². The van der Waals surface area contributed by atoms with E-state index in [-0.39, 0.29) is 23.8 Å². The summed E-state index contributed by atoms with van der Waals surface area (Å²) in [4.78, 5) is 11.7. The Balaban J connectivity index is 1.75. The maximum atomic E-state index is 13.8. The van der Waals surface area contributed by atoms with Crippen LogP contribution in [0.3, 0.4) is 0 Å². The number of aliphatic carboxylic acids is 1.